The predicted molar refractivity (Wildman–Crippen MR) is 96.8 cm³/mol. The van der Waals surface area contributed by atoms with Crippen molar-refractivity contribution in [2.75, 3.05) is 6.54 Å². The van der Waals surface area contributed by atoms with Gasteiger partial charge in [-0.3, -0.25) is 4.79 Å². The third-order valence-electron chi connectivity index (χ3n) is 5.61. The van der Waals surface area contributed by atoms with E-state index in [-0.39, 0.29) is 30.4 Å². The molecule has 1 aliphatic heterocycles. The summed E-state index contributed by atoms with van der Waals surface area (Å²) in [6.07, 6.45) is 6.27. The Morgan fingerprint density at radius 3 is 2.65 bits per heavy atom. The van der Waals surface area contributed by atoms with Gasteiger partial charge < -0.3 is 10.6 Å². The molecule has 1 saturated heterocycles. The van der Waals surface area contributed by atoms with Crippen LogP contribution in [0.2, 0.25) is 0 Å². The molecule has 1 heterocycles. The number of likely N-dealkylation sites (tertiary alicyclic amines) is 1. The number of aryl methyl sites for hydroxylation is 1. The average Bonchev–Trinajstić information content (AvgIpc) is 2.96. The normalized spacial score (nSPS) is 27.6. The molecule has 1 aromatic rings. The van der Waals surface area contributed by atoms with Gasteiger partial charge in [-0.2, -0.15) is 0 Å². The number of hydrogen-bond acceptors (Lipinski definition) is 2. The first-order chi connectivity index (χ1) is 10.6. The van der Waals surface area contributed by atoms with Gasteiger partial charge in [0.1, 0.15) is 0 Å². The highest BCUT2D eigenvalue weighted by Gasteiger charge is 2.36. The monoisotopic (exact) mass is 336 g/mol. The van der Waals surface area contributed by atoms with Crippen molar-refractivity contribution in [3.8, 4) is 0 Å². The second-order valence-electron chi connectivity index (χ2n) is 7.10. The van der Waals surface area contributed by atoms with Crippen LogP contribution in [0, 0.1) is 19.8 Å². The van der Waals surface area contributed by atoms with Crippen LogP contribution in [0.15, 0.2) is 18.2 Å². The highest BCUT2D eigenvalue weighted by molar-refractivity contribution is 5.85. The molecule has 128 valence electrons. The first kappa shape index (κ1) is 18.3. The molecule has 0 aromatic heterocycles. The second kappa shape index (κ2) is 7.67. The van der Waals surface area contributed by atoms with Crippen LogP contribution in [-0.4, -0.2) is 23.4 Å². The Balaban J connectivity index is 0.00000192. The molecule has 3 atom stereocenters. The van der Waals surface area contributed by atoms with Crippen molar-refractivity contribution in [1.82, 2.24) is 4.90 Å². The number of nitrogens with zero attached hydrogens (tertiary/aromatic N) is 1. The fraction of sp³-hybridized carbons (Fsp3) is 0.632. The predicted octanol–water partition coefficient (Wildman–Crippen LogP) is 3.91. The summed E-state index contributed by atoms with van der Waals surface area (Å²) >= 11 is 0. The maximum absolute atomic E-state index is 13.0. The molecule has 0 radical (unpaired) electrons. The van der Waals surface area contributed by atoms with E-state index in [0.717, 1.165) is 38.6 Å². The fourth-order valence-electron chi connectivity index (χ4n) is 4.13. The number of halogens is 1. The minimum Gasteiger partial charge on any atom is -0.335 e. The van der Waals surface area contributed by atoms with E-state index in [4.69, 9.17) is 5.73 Å². The Kier molecular flexibility index (Phi) is 6.10. The number of benzene rings is 1. The zero-order valence-electron chi connectivity index (χ0n) is 14.3. The number of carbonyl (C=O) groups is 1. The summed E-state index contributed by atoms with van der Waals surface area (Å²) in [6.45, 7) is 5.25. The van der Waals surface area contributed by atoms with E-state index in [2.05, 4.69) is 36.9 Å². The summed E-state index contributed by atoms with van der Waals surface area (Å²) in [6, 6.07) is 6.97. The number of piperidine rings is 1. The molecular formula is C19H29ClN2O. The molecule has 1 aromatic carbocycles. The maximum Gasteiger partial charge on any atom is 0.226 e. The van der Waals surface area contributed by atoms with Gasteiger partial charge >= 0.3 is 0 Å². The molecule has 4 heteroatoms. The van der Waals surface area contributed by atoms with Crippen LogP contribution in [0.5, 0.6) is 0 Å². The van der Waals surface area contributed by atoms with E-state index >= 15 is 0 Å². The Labute approximate surface area is 146 Å². The first-order valence-electron chi connectivity index (χ1n) is 8.70. The van der Waals surface area contributed by atoms with Crippen molar-refractivity contribution in [2.45, 2.75) is 64.5 Å². The Morgan fingerprint density at radius 2 is 1.96 bits per heavy atom. The van der Waals surface area contributed by atoms with Crippen molar-refractivity contribution in [1.29, 1.82) is 0 Å². The molecule has 1 aliphatic carbocycles. The fourth-order valence-corrected chi connectivity index (χ4v) is 4.13. The van der Waals surface area contributed by atoms with E-state index in [1.54, 1.807) is 0 Å². The number of carbonyl (C=O) groups excluding carboxylic acids is 1. The van der Waals surface area contributed by atoms with Gasteiger partial charge in [-0.25, -0.2) is 0 Å². The molecular weight excluding hydrogens is 308 g/mol. The second-order valence-corrected chi connectivity index (χ2v) is 7.10. The highest BCUT2D eigenvalue weighted by atomic mass is 35.5. The number of rotatable bonds is 2. The smallest absolute Gasteiger partial charge is 0.226 e. The summed E-state index contributed by atoms with van der Waals surface area (Å²) in [4.78, 5) is 15.2. The van der Waals surface area contributed by atoms with Crippen LogP contribution in [0.4, 0.5) is 0 Å². The molecule has 1 amide bonds. The SMILES string of the molecule is Cc1cccc(C2CCCCN2C(=O)C2CCC(N)C2)c1C.Cl. The van der Waals surface area contributed by atoms with E-state index in [1.165, 1.54) is 23.1 Å². The molecule has 2 aliphatic rings. The van der Waals surface area contributed by atoms with E-state index in [0.29, 0.717) is 5.91 Å². The molecule has 0 bridgehead atoms. The molecule has 2 fully saturated rings. The van der Waals surface area contributed by atoms with Gasteiger partial charge in [0, 0.05) is 18.5 Å². The van der Waals surface area contributed by atoms with Gasteiger partial charge in [0.15, 0.2) is 0 Å². The van der Waals surface area contributed by atoms with Crippen LogP contribution < -0.4 is 5.73 Å². The quantitative estimate of drug-likeness (QED) is 0.890. The molecule has 0 spiro atoms. The van der Waals surface area contributed by atoms with Crippen LogP contribution >= 0.6 is 12.4 Å². The molecule has 2 N–H and O–H groups in total. The summed E-state index contributed by atoms with van der Waals surface area (Å²) in [5.74, 6) is 0.499. The van der Waals surface area contributed by atoms with Crippen molar-refractivity contribution in [2.24, 2.45) is 11.7 Å². The van der Waals surface area contributed by atoms with E-state index in [9.17, 15) is 4.79 Å². The van der Waals surface area contributed by atoms with Gasteiger partial charge in [-0.05, 0) is 69.1 Å². The van der Waals surface area contributed by atoms with Gasteiger partial charge in [0.05, 0.1) is 6.04 Å². The molecule has 3 rings (SSSR count). The van der Waals surface area contributed by atoms with Gasteiger partial charge in [-0.15, -0.1) is 12.4 Å². The van der Waals surface area contributed by atoms with Crippen molar-refractivity contribution >= 4 is 18.3 Å². The largest absolute Gasteiger partial charge is 0.335 e. The lowest BCUT2D eigenvalue weighted by molar-refractivity contribution is -0.139. The van der Waals surface area contributed by atoms with Gasteiger partial charge in [0.2, 0.25) is 5.91 Å². The van der Waals surface area contributed by atoms with Crippen LogP contribution in [-0.2, 0) is 4.79 Å². The lowest BCUT2D eigenvalue weighted by atomic mass is 9.89. The molecule has 3 nitrogen and oxygen atoms in total. The van der Waals surface area contributed by atoms with Crippen LogP contribution in [0.1, 0.15) is 61.3 Å². The average molecular weight is 337 g/mol. The maximum atomic E-state index is 13.0. The van der Waals surface area contributed by atoms with Gasteiger partial charge in [-0.1, -0.05) is 18.2 Å². The van der Waals surface area contributed by atoms with Crippen molar-refractivity contribution in [3.05, 3.63) is 34.9 Å². The number of hydrogen-bond donors (Lipinski definition) is 1. The summed E-state index contributed by atoms with van der Waals surface area (Å²) in [7, 11) is 0. The lowest BCUT2D eigenvalue weighted by Crippen LogP contribution is -2.42. The van der Waals surface area contributed by atoms with Gasteiger partial charge in [0.25, 0.3) is 0 Å². The lowest BCUT2D eigenvalue weighted by Gasteiger charge is -2.38. The van der Waals surface area contributed by atoms with E-state index in [1.807, 2.05) is 0 Å². The minimum atomic E-state index is 0. The zero-order chi connectivity index (χ0) is 15.7. The Morgan fingerprint density at radius 1 is 1.17 bits per heavy atom. The summed E-state index contributed by atoms with van der Waals surface area (Å²) in [5.41, 5.74) is 10.0. The number of nitrogens with two attached hydrogens (primary N) is 1. The summed E-state index contributed by atoms with van der Waals surface area (Å²) in [5, 5.41) is 0. The number of amides is 1. The van der Waals surface area contributed by atoms with E-state index < -0.39 is 0 Å². The summed E-state index contributed by atoms with van der Waals surface area (Å²) < 4.78 is 0. The molecule has 23 heavy (non-hydrogen) atoms. The Bertz CT molecular complexity index is 560. The van der Waals surface area contributed by atoms with Crippen LogP contribution in [0.25, 0.3) is 0 Å². The standard InChI is InChI=1S/C19H28N2O.ClH/c1-13-6-5-7-17(14(13)2)18-8-3-4-11-21(18)19(22)15-9-10-16(20)12-15;/h5-7,15-16,18H,3-4,8-12,20H2,1-2H3;1H. The minimum absolute atomic E-state index is 0. The zero-order valence-corrected chi connectivity index (χ0v) is 15.1. The Hall–Kier alpha value is -1.06. The van der Waals surface area contributed by atoms with Crippen LogP contribution in [0.3, 0.4) is 0 Å². The highest BCUT2D eigenvalue weighted by Crippen LogP contribution is 2.36. The molecule has 1 saturated carbocycles. The molecule has 3 unspecified atom stereocenters. The van der Waals surface area contributed by atoms with Crippen molar-refractivity contribution in [3.63, 3.8) is 0 Å². The first-order valence-corrected chi connectivity index (χ1v) is 8.70. The topological polar surface area (TPSA) is 46.3 Å². The van der Waals surface area contributed by atoms with Crippen molar-refractivity contribution < 1.29 is 4.79 Å². The third-order valence-corrected chi connectivity index (χ3v) is 5.61. The third kappa shape index (κ3) is 3.72.